The van der Waals surface area contributed by atoms with Crippen LogP contribution in [0.15, 0.2) is 0 Å². The van der Waals surface area contributed by atoms with Crippen molar-refractivity contribution in [3.8, 4) is 0 Å². The molecule has 5 atom stereocenters. The van der Waals surface area contributed by atoms with Crippen molar-refractivity contribution in [1.29, 1.82) is 0 Å². The Morgan fingerprint density at radius 1 is 1.21 bits per heavy atom. The van der Waals surface area contributed by atoms with Gasteiger partial charge in [0.1, 0.15) is 12.1 Å². The van der Waals surface area contributed by atoms with Crippen molar-refractivity contribution in [3.63, 3.8) is 0 Å². The first-order valence-corrected chi connectivity index (χ1v) is 9.50. The summed E-state index contributed by atoms with van der Waals surface area (Å²) in [5.74, 6) is 1.46. The minimum atomic E-state index is -0.277. The summed E-state index contributed by atoms with van der Waals surface area (Å²) in [6.45, 7) is 9.53. The van der Waals surface area contributed by atoms with E-state index in [-0.39, 0.29) is 30.0 Å². The molecule has 0 amide bonds. The van der Waals surface area contributed by atoms with Gasteiger partial charge in [0, 0.05) is 6.42 Å². The molecule has 0 aromatic carbocycles. The van der Waals surface area contributed by atoms with Crippen molar-refractivity contribution in [2.45, 2.75) is 71.9 Å². The first-order valence-electron chi connectivity index (χ1n) is 9.50. The maximum absolute atomic E-state index is 12.4. The highest BCUT2D eigenvalue weighted by atomic mass is 16.5. The third-order valence-corrected chi connectivity index (χ3v) is 5.49. The maximum atomic E-state index is 12.4. The van der Waals surface area contributed by atoms with E-state index < -0.39 is 0 Å². The number of carbonyl (C=O) groups excluding carboxylic acids is 2. The van der Waals surface area contributed by atoms with E-state index >= 15 is 0 Å². The molecular weight excluding hydrogens is 306 g/mol. The van der Waals surface area contributed by atoms with Crippen LogP contribution >= 0.6 is 0 Å². The molecule has 1 aliphatic heterocycles. The molecule has 0 aromatic heterocycles. The van der Waals surface area contributed by atoms with Crippen molar-refractivity contribution in [2.24, 2.45) is 23.7 Å². The molecule has 0 spiro atoms. The van der Waals surface area contributed by atoms with Crippen molar-refractivity contribution >= 4 is 11.9 Å². The van der Waals surface area contributed by atoms with Gasteiger partial charge in [0.2, 0.25) is 0 Å². The Morgan fingerprint density at radius 2 is 1.96 bits per heavy atom. The van der Waals surface area contributed by atoms with E-state index in [9.17, 15) is 9.59 Å². The van der Waals surface area contributed by atoms with Gasteiger partial charge < -0.3 is 14.8 Å². The predicted octanol–water partition coefficient (Wildman–Crippen LogP) is 2.92. The smallest absolute Gasteiger partial charge is 0.323 e. The molecule has 0 bridgehead atoms. The number of carbonyl (C=O) groups is 2. The van der Waals surface area contributed by atoms with Gasteiger partial charge in [-0.15, -0.1) is 0 Å². The first-order chi connectivity index (χ1) is 11.4. The lowest BCUT2D eigenvalue weighted by Crippen LogP contribution is -2.36. The summed E-state index contributed by atoms with van der Waals surface area (Å²) >= 11 is 0. The molecule has 1 heterocycles. The van der Waals surface area contributed by atoms with Crippen LogP contribution in [0.1, 0.15) is 59.8 Å². The fourth-order valence-electron chi connectivity index (χ4n) is 4.09. The maximum Gasteiger partial charge on any atom is 0.323 e. The van der Waals surface area contributed by atoms with Crippen LogP contribution in [0.2, 0.25) is 0 Å². The third-order valence-electron chi connectivity index (χ3n) is 5.49. The van der Waals surface area contributed by atoms with Gasteiger partial charge in [0.15, 0.2) is 0 Å². The highest BCUT2D eigenvalue weighted by Crippen LogP contribution is 2.35. The Labute approximate surface area is 145 Å². The molecule has 5 heteroatoms. The van der Waals surface area contributed by atoms with Gasteiger partial charge in [-0.05, 0) is 56.4 Å². The molecular formula is C19H33NO4. The van der Waals surface area contributed by atoms with Crippen LogP contribution < -0.4 is 5.32 Å². The van der Waals surface area contributed by atoms with E-state index in [1.807, 2.05) is 0 Å². The van der Waals surface area contributed by atoms with Crippen molar-refractivity contribution in [2.75, 3.05) is 13.2 Å². The van der Waals surface area contributed by atoms with Gasteiger partial charge in [-0.2, -0.15) is 0 Å². The quantitative estimate of drug-likeness (QED) is 0.754. The van der Waals surface area contributed by atoms with Crippen LogP contribution in [0.25, 0.3) is 0 Å². The second-order valence-corrected chi connectivity index (χ2v) is 7.87. The molecule has 138 valence electrons. The number of rotatable bonds is 6. The normalized spacial score (nSPS) is 33.5. The Bertz CT molecular complexity index is 437. The monoisotopic (exact) mass is 339 g/mol. The fourth-order valence-corrected chi connectivity index (χ4v) is 4.09. The molecule has 0 unspecified atom stereocenters. The summed E-state index contributed by atoms with van der Waals surface area (Å²) in [6.07, 6.45) is 4.44. The molecule has 0 radical (unpaired) electrons. The molecule has 1 saturated carbocycles. The van der Waals surface area contributed by atoms with Crippen LogP contribution in [0, 0.1) is 23.7 Å². The van der Waals surface area contributed by atoms with E-state index in [1.165, 1.54) is 6.42 Å². The summed E-state index contributed by atoms with van der Waals surface area (Å²) in [4.78, 5) is 24.1. The number of hydrogen-bond acceptors (Lipinski definition) is 5. The number of nitrogens with one attached hydrogen (secondary N) is 1. The minimum absolute atomic E-state index is 0.0523. The van der Waals surface area contributed by atoms with Crippen molar-refractivity contribution in [1.82, 2.24) is 5.32 Å². The molecule has 0 aromatic rings. The minimum Gasteiger partial charge on any atom is -0.465 e. The van der Waals surface area contributed by atoms with Gasteiger partial charge in [-0.25, -0.2) is 0 Å². The zero-order chi connectivity index (χ0) is 17.7. The zero-order valence-electron chi connectivity index (χ0n) is 15.5. The molecule has 1 N–H and O–H groups in total. The third kappa shape index (κ3) is 5.20. The number of ether oxygens (including phenoxy) is 2. The number of hydrogen-bond donors (Lipinski definition) is 1. The highest BCUT2D eigenvalue weighted by Gasteiger charge is 2.35. The predicted molar refractivity (Wildman–Crippen MR) is 92.4 cm³/mol. The molecule has 1 aliphatic carbocycles. The molecule has 2 fully saturated rings. The lowest BCUT2D eigenvalue weighted by atomic mass is 9.75. The second-order valence-electron chi connectivity index (χ2n) is 7.87. The second kappa shape index (κ2) is 8.84. The Kier molecular flexibility index (Phi) is 7.08. The van der Waals surface area contributed by atoms with Crippen molar-refractivity contribution in [3.05, 3.63) is 0 Å². The zero-order valence-corrected chi connectivity index (χ0v) is 15.5. The summed E-state index contributed by atoms with van der Waals surface area (Å²) in [6, 6.07) is -0.277. The standard InChI is InChI=1S/C19H33NO4/c1-5-23-19(22)16-9-14(11-20-16)10-18(21)24-17-8-13(4)6-7-15(17)12(2)3/h12-17,20H,5-11H2,1-4H3/t13-,14-,15+,16-,17-/m0/s1. The SMILES string of the molecule is CCOC(=O)[C@@H]1C[C@@H](CC(=O)O[C@H]2C[C@@H](C)CC[C@@H]2C(C)C)CN1. The van der Waals surface area contributed by atoms with E-state index in [2.05, 4.69) is 26.1 Å². The van der Waals surface area contributed by atoms with E-state index in [0.717, 1.165) is 12.8 Å². The molecule has 24 heavy (non-hydrogen) atoms. The highest BCUT2D eigenvalue weighted by molar-refractivity contribution is 5.76. The molecule has 2 rings (SSSR count). The van der Waals surface area contributed by atoms with Crippen LogP contribution in [-0.4, -0.2) is 37.2 Å². The summed E-state index contributed by atoms with van der Waals surface area (Å²) in [7, 11) is 0. The van der Waals surface area contributed by atoms with Crippen molar-refractivity contribution < 1.29 is 19.1 Å². The fraction of sp³-hybridized carbons (Fsp3) is 0.895. The van der Waals surface area contributed by atoms with Gasteiger partial charge in [0.25, 0.3) is 0 Å². The molecule has 1 saturated heterocycles. The lowest BCUT2D eigenvalue weighted by molar-refractivity contribution is -0.157. The Hall–Kier alpha value is -1.10. The van der Waals surface area contributed by atoms with Gasteiger partial charge in [-0.1, -0.05) is 27.2 Å². The molecule has 2 aliphatic rings. The average Bonchev–Trinajstić information content (AvgIpc) is 2.95. The van der Waals surface area contributed by atoms with E-state index in [4.69, 9.17) is 9.47 Å². The topological polar surface area (TPSA) is 64.6 Å². The van der Waals surface area contributed by atoms with Gasteiger partial charge in [-0.3, -0.25) is 9.59 Å². The summed E-state index contributed by atoms with van der Waals surface area (Å²) in [5.41, 5.74) is 0. The lowest BCUT2D eigenvalue weighted by Gasteiger charge is -2.36. The average molecular weight is 339 g/mol. The Balaban J connectivity index is 1.81. The van der Waals surface area contributed by atoms with Crippen LogP contribution in [0.3, 0.4) is 0 Å². The summed E-state index contributed by atoms with van der Waals surface area (Å²) in [5, 5.41) is 3.15. The molecule has 5 nitrogen and oxygen atoms in total. The van der Waals surface area contributed by atoms with Gasteiger partial charge >= 0.3 is 11.9 Å². The van der Waals surface area contributed by atoms with Crippen LogP contribution in [-0.2, 0) is 19.1 Å². The largest absolute Gasteiger partial charge is 0.465 e. The van der Waals surface area contributed by atoms with Crippen LogP contribution in [0.4, 0.5) is 0 Å². The van der Waals surface area contributed by atoms with Gasteiger partial charge in [0.05, 0.1) is 6.61 Å². The van der Waals surface area contributed by atoms with E-state index in [1.54, 1.807) is 6.92 Å². The van der Waals surface area contributed by atoms with E-state index in [0.29, 0.717) is 43.7 Å². The first kappa shape index (κ1) is 19.2. The van der Waals surface area contributed by atoms with Crippen LogP contribution in [0.5, 0.6) is 0 Å². The summed E-state index contributed by atoms with van der Waals surface area (Å²) < 4.78 is 10.9. The number of esters is 2. The Morgan fingerprint density at radius 3 is 2.62 bits per heavy atom.